The Kier molecular flexibility index (Phi) is 3.59. The summed E-state index contributed by atoms with van der Waals surface area (Å²) in [6, 6.07) is 11.7. The Morgan fingerprint density at radius 3 is 2.39 bits per heavy atom. The maximum atomic E-state index is 4.53. The van der Waals surface area contributed by atoms with Gasteiger partial charge in [0.25, 0.3) is 0 Å². The number of aromatic nitrogens is 2. The van der Waals surface area contributed by atoms with Gasteiger partial charge in [0.2, 0.25) is 0 Å². The van der Waals surface area contributed by atoms with E-state index in [1.807, 2.05) is 36.4 Å². The molecule has 2 heterocycles. The molecule has 0 aliphatic heterocycles. The van der Waals surface area contributed by atoms with Gasteiger partial charge in [-0.15, -0.1) is 5.54 Å². The molecule has 0 fully saturated rings. The van der Waals surface area contributed by atoms with Crippen LogP contribution >= 0.6 is 0 Å². The van der Waals surface area contributed by atoms with Crippen molar-refractivity contribution in [3.8, 4) is 22.9 Å². The first-order valence-corrected chi connectivity index (χ1v) is 9.46. The molecule has 0 atom stereocenters. The highest BCUT2D eigenvalue weighted by atomic mass is 28.3. The van der Waals surface area contributed by atoms with Crippen LogP contribution in [-0.2, 0) is 0 Å². The maximum absolute atomic E-state index is 4.53. The largest absolute Gasteiger partial charge is 0.255 e. The van der Waals surface area contributed by atoms with Gasteiger partial charge < -0.3 is 0 Å². The molecule has 0 spiro atoms. The molecule has 0 saturated carbocycles. The molecular formula is C15H16N2Si. The molecule has 0 bridgehead atoms. The highest BCUT2D eigenvalue weighted by molar-refractivity contribution is 6.83. The summed E-state index contributed by atoms with van der Waals surface area (Å²) < 4.78 is 0. The van der Waals surface area contributed by atoms with Crippen LogP contribution in [0.25, 0.3) is 11.4 Å². The summed E-state index contributed by atoms with van der Waals surface area (Å²) in [5, 5.41) is 0. The van der Waals surface area contributed by atoms with Gasteiger partial charge in [0, 0.05) is 6.20 Å². The number of nitrogens with zero attached hydrogens (tertiary/aromatic N) is 2. The van der Waals surface area contributed by atoms with Crippen molar-refractivity contribution < 1.29 is 0 Å². The first-order chi connectivity index (χ1) is 8.54. The molecule has 18 heavy (non-hydrogen) atoms. The summed E-state index contributed by atoms with van der Waals surface area (Å²) in [5.41, 5.74) is 5.90. The van der Waals surface area contributed by atoms with Gasteiger partial charge in [-0.2, -0.15) is 0 Å². The summed E-state index contributed by atoms with van der Waals surface area (Å²) >= 11 is 0. The average molecular weight is 252 g/mol. The number of pyridine rings is 2. The Morgan fingerprint density at radius 1 is 0.944 bits per heavy atom. The Balaban J connectivity index is 2.34. The monoisotopic (exact) mass is 252 g/mol. The van der Waals surface area contributed by atoms with Crippen LogP contribution in [0.4, 0.5) is 0 Å². The van der Waals surface area contributed by atoms with Crippen molar-refractivity contribution in [3.63, 3.8) is 0 Å². The third kappa shape index (κ3) is 3.54. The number of hydrogen-bond donors (Lipinski definition) is 0. The van der Waals surface area contributed by atoms with Crippen molar-refractivity contribution in [2.24, 2.45) is 0 Å². The zero-order chi connectivity index (χ0) is 13.0. The molecule has 90 valence electrons. The first-order valence-electron chi connectivity index (χ1n) is 5.96. The lowest BCUT2D eigenvalue weighted by atomic mass is 10.2. The summed E-state index contributed by atoms with van der Waals surface area (Å²) in [6.45, 7) is 6.67. The van der Waals surface area contributed by atoms with E-state index in [9.17, 15) is 0 Å². The summed E-state index contributed by atoms with van der Waals surface area (Å²) in [6.07, 6.45) is 1.78. The van der Waals surface area contributed by atoms with E-state index < -0.39 is 8.07 Å². The third-order valence-electron chi connectivity index (χ3n) is 2.24. The summed E-state index contributed by atoms with van der Waals surface area (Å²) in [4.78, 5) is 8.83. The van der Waals surface area contributed by atoms with Gasteiger partial charge in [0.15, 0.2) is 0 Å². The van der Waals surface area contributed by atoms with Crippen molar-refractivity contribution >= 4 is 8.07 Å². The fourth-order valence-corrected chi connectivity index (χ4v) is 1.92. The van der Waals surface area contributed by atoms with E-state index in [1.54, 1.807) is 6.20 Å². The highest BCUT2D eigenvalue weighted by Crippen LogP contribution is 2.13. The number of hydrogen-bond acceptors (Lipinski definition) is 2. The summed E-state index contributed by atoms with van der Waals surface area (Å²) in [7, 11) is -1.35. The van der Waals surface area contributed by atoms with E-state index in [0.717, 1.165) is 17.1 Å². The van der Waals surface area contributed by atoms with Crippen LogP contribution in [0.1, 0.15) is 5.69 Å². The standard InChI is InChI=1S/C15H16N2Si/c1-18(2,3)12-10-13-7-6-9-15(17-13)14-8-4-5-11-16-14/h4-9,11H,1-3H3. The molecule has 2 rings (SSSR count). The van der Waals surface area contributed by atoms with Crippen molar-refractivity contribution in [1.82, 2.24) is 9.97 Å². The molecule has 2 aromatic rings. The Bertz CT molecular complexity index is 589. The minimum Gasteiger partial charge on any atom is -0.255 e. The van der Waals surface area contributed by atoms with Crippen LogP contribution in [0, 0.1) is 11.5 Å². The number of rotatable bonds is 1. The zero-order valence-electron chi connectivity index (χ0n) is 10.9. The highest BCUT2D eigenvalue weighted by Gasteiger charge is 2.07. The summed E-state index contributed by atoms with van der Waals surface area (Å²) in [5.74, 6) is 3.17. The van der Waals surface area contributed by atoms with Crippen LogP contribution in [0.5, 0.6) is 0 Å². The van der Waals surface area contributed by atoms with Crippen LogP contribution in [0.15, 0.2) is 42.6 Å². The lowest BCUT2D eigenvalue weighted by Crippen LogP contribution is -2.16. The Hall–Kier alpha value is -1.92. The topological polar surface area (TPSA) is 25.8 Å². The molecular weight excluding hydrogens is 236 g/mol. The Morgan fingerprint density at radius 2 is 1.72 bits per heavy atom. The van der Waals surface area contributed by atoms with Crippen LogP contribution in [-0.4, -0.2) is 18.0 Å². The molecule has 0 N–H and O–H groups in total. The van der Waals surface area contributed by atoms with Gasteiger partial charge in [-0.3, -0.25) is 4.98 Å². The molecule has 0 aliphatic carbocycles. The minimum atomic E-state index is -1.35. The van der Waals surface area contributed by atoms with E-state index >= 15 is 0 Å². The van der Waals surface area contributed by atoms with Crippen molar-refractivity contribution in [1.29, 1.82) is 0 Å². The normalized spacial score (nSPS) is 10.6. The predicted octanol–water partition coefficient (Wildman–Crippen LogP) is 3.37. The molecule has 0 unspecified atom stereocenters. The molecule has 0 aliphatic rings. The van der Waals surface area contributed by atoms with Crippen molar-refractivity contribution in [2.75, 3.05) is 0 Å². The van der Waals surface area contributed by atoms with E-state index in [0.29, 0.717) is 0 Å². The predicted molar refractivity (Wildman–Crippen MR) is 77.7 cm³/mol. The molecule has 0 saturated heterocycles. The van der Waals surface area contributed by atoms with Gasteiger partial charge >= 0.3 is 0 Å². The second-order valence-electron chi connectivity index (χ2n) is 5.12. The second-order valence-corrected chi connectivity index (χ2v) is 9.87. The van der Waals surface area contributed by atoms with Crippen LogP contribution < -0.4 is 0 Å². The van der Waals surface area contributed by atoms with Gasteiger partial charge in [0.1, 0.15) is 13.8 Å². The van der Waals surface area contributed by atoms with Crippen molar-refractivity contribution in [3.05, 3.63) is 48.3 Å². The second kappa shape index (κ2) is 5.15. The average Bonchev–Trinajstić information content (AvgIpc) is 2.37. The van der Waals surface area contributed by atoms with Crippen LogP contribution in [0.3, 0.4) is 0 Å². The molecule has 3 heteroatoms. The molecule has 2 aromatic heterocycles. The molecule has 0 amide bonds. The minimum absolute atomic E-state index is 0.820. The van der Waals surface area contributed by atoms with Gasteiger partial charge in [-0.1, -0.05) is 37.7 Å². The van der Waals surface area contributed by atoms with E-state index in [4.69, 9.17) is 0 Å². The fraction of sp³-hybridized carbons (Fsp3) is 0.200. The Labute approximate surface area is 109 Å². The van der Waals surface area contributed by atoms with Gasteiger partial charge in [0.05, 0.1) is 11.4 Å². The molecule has 0 aromatic carbocycles. The van der Waals surface area contributed by atoms with E-state index in [-0.39, 0.29) is 0 Å². The quantitative estimate of drug-likeness (QED) is 0.574. The van der Waals surface area contributed by atoms with Crippen LogP contribution in [0.2, 0.25) is 19.6 Å². The fourth-order valence-electron chi connectivity index (χ4n) is 1.41. The lowest BCUT2D eigenvalue weighted by molar-refractivity contribution is 1.23. The smallest absolute Gasteiger partial charge is 0.129 e. The lowest BCUT2D eigenvalue weighted by Gasteiger charge is -2.03. The maximum Gasteiger partial charge on any atom is 0.129 e. The molecule has 2 nitrogen and oxygen atoms in total. The van der Waals surface area contributed by atoms with Gasteiger partial charge in [-0.05, 0) is 24.3 Å². The SMILES string of the molecule is C[Si](C)(C)C#Cc1cccc(-c2ccccn2)n1. The van der Waals surface area contributed by atoms with E-state index in [2.05, 4.69) is 41.1 Å². The van der Waals surface area contributed by atoms with E-state index in [1.165, 1.54) is 0 Å². The zero-order valence-corrected chi connectivity index (χ0v) is 11.9. The van der Waals surface area contributed by atoms with Crippen molar-refractivity contribution in [2.45, 2.75) is 19.6 Å². The molecule has 0 radical (unpaired) electrons. The first kappa shape index (κ1) is 12.5. The van der Waals surface area contributed by atoms with Gasteiger partial charge in [-0.25, -0.2) is 4.98 Å². The third-order valence-corrected chi connectivity index (χ3v) is 3.12.